The molecule has 28 heavy (non-hydrogen) atoms. The molecule has 2 aromatic carbocycles. The zero-order chi connectivity index (χ0) is 20.3. The van der Waals surface area contributed by atoms with Gasteiger partial charge in [-0.05, 0) is 61.2 Å². The minimum absolute atomic E-state index is 0.0914. The molecule has 0 radical (unpaired) electrons. The van der Waals surface area contributed by atoms with Crippen LogP contribution in [-0.4, -0.2) is 50.7 Å². The second-order valence-corrected chi connectivity index (χ2v) is 9.47. The quantitative estimate of drug-likeness (QED) is 0.808. The maximum Gasteiger partial charge on any atom is 0.253 e. The molecular formula is C21H27N3O3S. The second kappa shape index (κ2) is 8.32. The highest BCUT2D eigenvalue weighted by molar-refractivity contribution is 7.89. The van der Waals surface area contributed by atoms with Gasteiger partial charge in [0.25, 0.3) is 5.91 Å². The maximum atomic E-state index is 12.5. The largest absolute Gasteiger partial charge is 0.381 e. The molecule has 1 saturated heterocycles. The summed E-state index contributed by atoms with van der Waals surface area (Å²) < 4.78 is 25.8. The molecule has 1 N–H and O–H groups in total. The molecule has 1 aliphatic heterocycles. The Morgan fingerprint density at radius 2 is 1.82 bits per heavy atom. The third-order valence-electron chi connectivity index (χ3n) is 5.03. The first-order chi connectivity index (χ1) is 13.3. The summed E-state index contributed by atoms with van der Waals surface area (Å²) in [5, 5.41) is 3.34. The number of hydrogen-bond donors (Lipinski definition) is 1. The van der Waals surface area contributed by atoms with Crippen molar-refractivity contribution in [3.63, 3.8) is 0 Å². The van der Waals surface area contributed by atoms with Crippen molar-refractivity contribution in [2.45, 2.75) is 31.2 Å². The van der Waals surface area contributed by atoms with E-state index >= 15 is 0 Å². The van der Waals surface area contributed by atoms with Gasteiger partial charge in [0.15, 0.2) is 0 Å². The molecule has 0 unspecified atom stereocenters. The molecule has 0 bridgehead atoms. The topological polar surface area (TPSA) is 69.7 Å². The van der Waals surface area contributed by atoms with Gasteiger partial charge in [-0.2, -0.15) is 0 Å². The Kier molecular flexibility index (Phi) is 6.05. The Bertz CT molecular complexity index is 965. The van der Waals surface area contributed by atoms with E-state index in [0.29, 0.717) is 12.1 Å². The third-order valence-corrected chi connectivity index (χ3v) is 6.84. The van der Waals surface area contributed by atoms with Gasteiger partial charge in [-0.25, -0.2) is 12.7 Å². The van der Waals surface area contributed by atoms with Crippen LogP contribution in [0, 0.1) is 6.92 Å². The smallest absolute Gasteiger partial charge is 0.253 e. The van der Waals surface area contributed by atoms with Crippen molar-refractivity contribution in [3.8, 4) is 0 Å². The molecule has 0 aromatic heterocycles. The van der Waals surface area contributed by atoms with E-state index in [2.05, 4.69) is 5.32 Å². The number of anilines is 1. The fourth-order valence-corrected chi connectivity index (χ4v) is 4.29. The second-order valence-electron chi connectivity index (χ2n) is 7.32. The number of nitrogens with one attached hydrogen (secondary N) is 1. The van der Waals surface area contributed by atoms with Gasteiger partial charge in [-0.3, -0.25) is 4.79 Å². The van der Waals surface area contributed by atoms with E-state index in [1.165, 1.54) is 18.4 Å². The Balaban J connectivity index is 1.70. The Labute approximate surface area is 167 Å². The predicted molar refractivity (Wildman–Crippen MR) is 111 cm³/mol. The highest BCUT2D eigenvalue weighted by Crippen LogP contribution is 2.21. The zero-order valence-corrected chi connectivity index (χ0v) is 17.4. The normalized spacial score (nSPS) is 14.5. The summed E-state index contributed by atoms with van der Waals surface area (Å²) in [4.78, 5) is 14.7. The van der Waals surface area contributed by atoms with Crippen molar-refractivity contribution in [3.05, 3.63) is 59.2 Å². The van der Waals surface area contributed by atoms with Gasteiger partial charge in [0, 0.05) is 45.0 Å². The lowest BCUT2D eigenvalue weighted by Gasteiger charge is -2.17. The van der Waals surface area contributed by atoms with Crippen LogP contribution in [0.3, 0.4) is 0 Å². The number of benzene rings is 2. The number of likely N-dealkylation sites (tertiary alicyclic amines) is 1. The van der Waals surface area contributed by atoms with Crippen LogP contribution in [0.5, 0.6) is 0 Å². The van der Waals surface area contributed by atoms with Crippen LogP contribution >= 0.6 is 0 Å². The van der Waals surface area contributed by atoms with Crippen molar-refractivity contribution < 1.29 is 13.2 Å². The van der Waals surface area contributed by atoms with Crippen molar-refractivity contribution in [1.82, 2.24) is 9.21 Å². The average Bonchev–Trinajstić information content (AvgIpc) is 3.21. The summed E-state index contributed by atoms with van der Waals surface area (Å²) in [5.41, 5.74) is 3.50. The molecule has 1 heterocycles. The number of sulfonamides is 1. The molecule has 0 saturated carbocycles. The lowest BCUT2D eigenvalue weighted by molar-refractivity contribution is 0.0792. The summed E-state index contributed by atoms with van der Waals surface area (Å²) in [7, 11) is -0.406. The number of rotatable bonds is 6. The Morgan fingerprint density at radius 3 is 2.46 bits per heavy atom. The molecule has 0 aliphatic carbocycles. The van der Waals surface area contributed by atoms with Gasteiger partial charge in [0.05, 0.1) is 4.90 Å². The summed E-state index contributed by atoms with van der Waals surface area (Å²) in [6.45, 7) is 4.14. The zero-order valence-electron chi connectivity index (χ0n) is 16.6. The summed E-state index contributed by atoms with van der Waals surface area (Å²) in [6, 6.07) is 12.6. The summed E-state index contributed by atoms with van der Waals surface area (Å²) in [5.74, 6) is 0.0914. The molecule has 2 aromatic rings. The molecule has 0 atom stereocenters. The Morgan fingerprint density at radius 1 is 1.11 bits per heavy atom. The van der Waals surface area contributed by atoms with Crippen LogP contribution in [0.1, 0.15) is 34.3 Å². The van der Waals surface area contributed by atoms with Crippen molar-refractivity contribution in [1.29, 1.82) is 0 Å². The van der Waals surface area contributed by atoms with E-state index in [1.807, 2.05) is 36.1 Å². The average molecular weight is 402 g/mol. The molecule has 7 heteroatoms. The lowest BCUT2D eigenvalue weighted by Crippen LogP contribution is -2.27. The van der Waals surface area contributed by atoms with Gasteiger partial charge in [0.1, 0.15) is 0 Å². The fraction of sp³-hybridized carbons (Fsp3) is 0.381. The van der Waals surface area contributed by atoms with E-state index in [4.69, 9.17) is 0 Å². The van der Waals surface area contributed by atoms with E-state index in [-0.39, 0.29) is 10.8 Å². The molecule has 1 fully saturated rings. The molecule has 3 rings (SSSR count). The molecule has 150 valence electrons. The number of nitrogens with zero attached hydrogens (tertiary/aromatic N) is 2. The van der Waals surface area contributed by atoms with Crippen molar-refractivity contribution >= 4 is 21.6 Å². The Hall–Kier alpha value is -2.38. The van der Waals surface area contributed by atoms with Gasteiger partial charge in [-0.15, -0.1) is 0 Å². The predicted octanol–water partition coefficient (Wildman–Crippen LogP) is 3.09. The third kappa shape index (κ3) is 4.36. The van der Waals surface area contributed by atoms with Gasteiger partial charge in [0.2, 0.25) is 10.0 Å². The van der Waals surface area contributed by atoms with Crippen LogP contribution in [0.2, 0.25) is 0 Å². The lowest BCUT2D eigenvalue weighted by atomic mass is 10.1. The van der Waals surface area contributed by atoms with Crippen LogP contribution in [0.15, 0.2) is 47.4 Å². The van der Waals surface area contributed by atoms with E-state index in [1.54, 1.807) is 18.2 Å². The first-order valence-corrected chi connectivity index (χ1v) is 10.9. The van der Waals surface area contributed by atoms with E-state index in [9.17, 15) is 13.2 Å². The molecule has 1 aliphatic rings. The van der Waals surface area contributed by atoms with Crippen LogP contribution < -0.4 is 5.32 Å². The first kappa shape index (κ1) is 20.4. The number of amides is 1. The van der Waals surface area contributed by atoms with Crippen LogP contribution in [0.4, 0.5) is 5.69 Å². The monoisotopic (exact) mass is 401 g/mol. The SMILES string of the molecule is Cc1cc(C(=O)N2CCCC2)ccc1NCc1cccc(S(=O)(=O)N(C)C)c1. The molecule has 1 amide bonds. The van der Waals surface area contributed by atoms with E-state index < -0.39 is 10.0 Å². The number of carbonyl (C=O) groups excluding carboxylic acids is 1. The van der Waals surface area contributed by atoms with E-state index in [0.717, 1.165) is 42.7 Å². The summed E-state index contributed by atoms with van der Waals surface area (Å²) >= 11 is 0. The minimum Gasteiger partial charge on any atom is -0.381 e. The highest BCUT2D eigenvalue weighted by atomic mass is 32.2. The highest BCUT2D eigenvalue weighted by Gasteiger charge is 2.20. The maximum absolute atomic E-state index is 12.5. The summed E-state index contributed by atoms with van der Waals surface area (Å²) in [6.07, 6.45) is 2.15. The minimum atomic E-state index is -3.45. The standard InChI is InChI=1S/C21H27N3O3S/c1-16-13-18(21(25)24-11-4-5-12-24)9-10-20(16)22-15-17-7-6-8-19(14-17)28(26,27)23(2)3/h6-10,13-14,22H,4-5,11-12,15H2,1-3H3. The van der Waals surface area contributed by atoms with Gasteiger partial charge in [-0.1, -0.05) is 12.1 Å². The molecular weight excluding hydrogens is 374 g/mol. The first-order valence-electron chi connectivity index (χ1n) is 9.44. The van der Waals surface area contributed by atoms with Gasteiger partial charge < -0.3 is 10.2 Å². The van der Waals surface area contributed by atoms with Crippen LogP contribution in [-0.2, 0) is 16.6 Å². The molecule has 0 spiro atoms. The van der Waals surface area contributed by atoms with Gasteiger partial charge >= 0.3 is 0 Å². The number of hydrogen-bond acceptors (Lipinski definition) is 4. The number of carbonyl (C=O) groups is 1. The fourth-order valence-electron chi connectivity index (χ4n) is 3.32. The van der Waals surface area contributed by atoms with Crippen LogP contribution in [0.25, 0.3) is 0 Å². The molecule has 6 nitrogen and oxygen atoms in total. The van der Waals surface area contributed by atoms with Crippen molar-refractivity contribution in [2.24, 2.45) is 0 Å². The van der Waals surface area contributed by atoms with Crippen molar-refractivity contribution in [2.75, 3.05) is 32.5 Å². The number of aryl methyl sites for hydroxylation is 1.